The fourth-order valence-corrected chi connectivity index (χ4v) is 2.12. The molecule has 0 saturated carbocycles. The second-order valence-corrected chi connectivity index (χ2v) is 4.22. The Labute approximate surface area is 91.6 Å². The molecule has 1 fully saturated rings. The molecule has 1 aromatic rings. The van der Waals surface area contributed by atoms with Crippen LogP contribution in [0.2, 0.25) is 0 Å². The zero-order valence-electron chi connectivity index (χ0n) is 9.28. The molecule has 1 heterocycles. The van der Waals surface area contributed by atoms with Gasteiger partial charge in [0, 0.05) is 0 Å². The third-order valence-corrected chi connectivity index (χ3v) is 3.11. The number of piperidine rings is 1. The van der Waals surface area contributed by atoms with E-state index in [1.807, 2.05) is 30.3 Å². The van der Waals surface area contributed by atoms with Crippen molar-refractivity contribution in [3.63, 3.8) is 0 Å². The SMILES string of the molecule is CC(Oc1ccccc1)C1CCNCC1. The lowest BCUT2D eigenvalue weighted by atomic mass is 9.93. The van der Waals surface area contributed by atoms with Gasteiger partial charge in [-0.3, -0.25) is 0 Å². The molecule has 0 aliphatic carbocycles. The van der Waals surface area contributed by atoms with Crippen molar-refractivity contribution >= 4 is 0 Å². The van der Waals surface area contributed by atoms with Crippen LogP contribution in [0.1, 0.15) is 19.8 Å². The lowest BCUT2D eigenvalue weighted by Gasteiger charge is -2.28. The Kier molecular flexibility index (Phi) is 3.62. The van der Waals surface area contributed by atoms with Gasteiger partial charge in [-0.25, -0.2) is 0 Å². The molecule has 0 aromatic heterocycles. The number of hydrogen-bond donors (Lipinski definition) is 1. The van der Waals surface area contributed by atoms with Crippen LogP contribution < -0.4 is 10.1 Å². The first-order chi connectivity index (χ1) is 7.36. The lowest BCUT2D eigenvalue weighted by Crippen LogP contribution is -2.35. The van der Waals surface area contributed by atoms with Crippen molar-refractivity contribution in [1.29, 1.82) is 0 Å². The summed E-state index contributed by atoms with van der Waals surface area (Å²) in [5.41, 5.74) is 0. The third kappa shape index (κ3) is 2.96. The number of benzene rings is 1. The Hall–Kier alpha value is -1.02. The minimum Gasteiger partial charge on any atom is -0.490 e. The van der Waals surface area contributed by atoms with E-state index in [1.54, 1.807) is 0 Å². The highest BCUT2D eigenvalue weighted by Gasteiger charge is 2.20. The second kappa shape index (κ2) is 5.17. The van der Waals surface area contributed by atoms with Gasteiger partial charge in [-0.05, 0) is 50.9 Å². The van der Waals surface area contributed by atoms with Crippen molar-refractivity contribution in [2.75, 3.05) is 13.1 Å². The molecule has 0 bridgehead atoms. The zero-order chi connectivity index (χ0) is 10.5. The minimum atomic E-state index is 0.328. The van der Waals surface area contributed by atoms with E-state index in [-0.39, 0.29) is 0 Å². The Balaban J connectivity index is 1.88. The van der Waals surface area contributed by atoms with Gasteiger partial charge >= 0.3 is 0 Å². The highest BCUT2D eigenvalue weighted by Crippen LogP contribution is 2.21. The van der Waals surface area contributed by atoms with Crippen molar-refractivity contribution in [2.24, 2.45) is 5.92 Å². The smallest absolute Gasteiger partial charge is 0.119 e. The normalized spacial score (nSPS) is 19.8. The molecule has 15 heavy (non-hydrogen) atoms. The molecule has 82 valence electrons. The van der Waals surface area contributed by atoms with Crippen molar-refractivity contribution in [3.05, 3.63) is 30.3 Å². The van der Waals surface area contributed by atoms with Crippen molar-refractivity contribution < 1.29 is 4.74 Å². The molecule has 2 rings (SSSR count). The monoisotopic (exact) mass is 205 g/mol. The topological polar surface area (TPSA) is 21.3 Å². The van der Waals surface area contributed by atoms with Crippen molar-refractivity contribution in [2.45, 2.75) is 25.9 Å². The van der Waals surface area contributed by atoms with Crippen LogP contribution >= 0.6 is 0 Å². The molecule has 0 spiro atoms. The van der Waals surface area contributed by atoms with E-state index in [9.17, 15) is 0 Å². The van der Waals surface area contributed by atoms with Gasteiger partial charge in [0.05, 0.1) is 6.10 Å². The van der Waals surface area contributed by atoms with Crippen LogP contribution in [-0.2, 0) is 0 Å². The minimum absolute atomic E-state index is 0.328. The summed E-state index contributed by atoms with van der Waals surface area (Å²) in [5, 5.41) is 3.38. The predicted octanol–water partition coefficient (Wildman–Crippen LogP) is 2.45. The van der Waals surface area contributed by atoms with Crippen LogP contribution in [0.25, 0.3) is 0 Å². The summed E-state index contributed by atoms with van der Waals surface area (Å²) < 4.78 is 5.93. The lowest BCUT2D eigenvalue weighted by molar-refractivity contribution is 0.128. The Morgan fingerprint density at radius 1 is 1.20 bits per heavy atom. The average molecular weight is 205 g/mol. The van der Waals surface area contributed by atoms with Crippen LogP contribution in [0.3, 0.4) is 0 Å². The van der Waals surface area contributed by atoms with E-state index in [1.165, 1.54) is 12.8 Å². The van der Waals surface area contributed by atoms with Crippen LogP contribution in [-0.4, -0.2) is 19.2 Å². The summed E-state index contributed by atoms with van der Waals surface area (Å²) in [6.45, 7) is 4.45. The van der Waals surface area contributed by atoms with Crippen LogP contribution in [0, 0.1) is 5.92 Å². The van der Waals surface area contributed by atoms with E-state index >= 15 is 0 Å². The van der Waals surface area contributed by atoms with Gasteiger partial charge < -0.3 is 10.1 Å². The molecular weight excluding hydrogens is 186 g/mol. The molecule has 1 atom stereocenters. The van der Waals surface area contributed by atoms with Gasteiger partial charge in [0.2, 0.25) is 0 Å². The van der Waals surface area contributed by atoms with E-state index in [4.69, 9.17) is 4.74 Å². The summed E-state index contributed by atoms with van der Waals surface area (Å²) in [4.78, 5) is 0. The Morgan fingerprint density at radius 2 is 1.87 bits per heavy atom. The Bertz CT molecular complexity index is 280. The molecule has 2 heteroatoms. The average Bonchev–Trinajstić information content (AvgIpc) is 2.31. The summed E-state index contributed by atoms with van der Waals surface area (Å²) >= 11 is 0. The van der Waals surface area contributed by atoms with Crippen molar-refractivity contribution in [3.8, 4) is 5.75 Å². The zero-order valence-corrected chi connectivity index (χ0v) is 9.28. The maximum absolute atomic E-state index is 5.93. The molecule has 1 saturated heterocycles. The first kappa shape index (κ1) is 10.5. The summed E-state index contributed by atoms with van der Waals surface area (Å²) in [5.74, 6) is 1.69. The first-order valence-corrected chi connectivity index (χ1v) is 5.78. The third-order valence-electron chi connectivity index (χ3n) is 3.11. The molecule has 1 aliphatic heterocycles. The Morgan fingerprint density at radius 3 is 2.53 bits per heavy atom. The molecule has 1 N–H and O–H groups in total. The highest BCUT2D eigenvalue weighted by molar-refractivity contribution is 5.21. The van der Waals surface area contributed by atoms with Crippen LogP contribution in [0.15, 0.2) is 30.3 Å². The fourth-order valence-electron chi connectivity index (χ4n) is 2.12. The number of para-hydroxylation sites is 1. The highest BCUT2D eigenvalue weighted by atomic mass is 16.5. The van der Waals surface area contributed by atoms with E-state index < -0.39 is 0 Å². The van der Waals surface area contributed by atoms with E-state index in [0.717, 1.165) is 18.8 Å². The first-order valence-electron chi connectivity index (χ1n) is 5.78. The second-order valence-electron chi connectivity index (χ2n) is 4.22. The molecule has 0 amide bonds. The summed E-state index contributed by atoms with van der Waals surface area (Å²) in [6, 6.07) is 10.1. The van der Waals surface area contributed by atoms with E-state index in [0.29, 0.717) is 12.0 Å². The van der Waals surface area contributed by atoms with E-state index in [2.05, 4.69) is 12.2 Å². The van der Waals surface area contributed by atoms with Gasteiger partial charge in [0.25, 0.3) is 0 Å². The number of rotatable bonds is 3. The predicted molar refractivity (Wildman–Crippen MR) is 62.1 cm³/mol. The molecular formula is C13H19NO. The van der Waals surface area contributed by atoms with Crippen LogP contribution in [0.5, 0.6) is 5.75 Å². The summed E-state index contributed by atoms with van der Waals surface area (Å²) in [6.07, 6.45) is 2.79. The number of nitrogens with one attached hydrogen (secondary N) is 1. The van der Waals surface area contributed by atoms with Gasteiger partial charge in [-0.15, -0.1) is 0 Å². The van der Waals surface area contributed by atoms with Gasteiger partial charge in [0.15, 0.2) is 0 Å². The van der Waals surface area contributed by atoms with Crippen molar-refractivity contribution in [1.82, 2.24) is 5.32 Å². The van der Waals surface area contributed by atoms with Gasteiger partial charge in [-0.1, -0.05) is 18.2 Å². The number of hydrogen-bond acceptors (Lipinski definition) is 2. The molecule has 1 aliphatic rings. The fraction of sp³-hybridized carbons (Fsp3) is 0.538. The summed E-state index contributed by atoms with van der Waals surface area (Å²) in [7, 11) is 0. The molecule has 1 unspecified atom stereocenters. The molecule has 0 radical (unpaired) electrons. The van der Waals surface area contributed by atoms with Crippen LogP contribution in [0.4, 0.5) is 0 Å². The molecule has 2 nitrogen and oxygen atoms in total. The largest absolute Gasteiger partial charge is 0.490 e. The van der Waals surface area contributed by atoms with Gasteiger partial charge in [-0.2, -0.15) is 0 Å². The maximum Gasteiger partial charge on any atom is 0.119 e. The molecule has 1 aromatic carbocycles. The van der Waals surface area contributed by atoms with Gasteiger partial charge in [0.1, 0.15) is 5.75 Å². The number of ether oxygens (including phenoxy) is 1. The maximum atomic E-state index is 5.93. The standard InChI is InChI=1S/C13H19NO/c1-11(12-7-9-14-10-8-12)15-13-5-3-2-4-6-13/h2-6,11-12,14H,7-10H2,1H3. The quantitative estimate of drug-likeness (QED) is 0.818.